The van der Waals surface area contributed by atoms with Crippen molar-refractivity contribution in [2.75, 3.05) is 6.61 Å². The Morgan fingerprint density at radius 3 is 2.50 bits per heavy atom. The van der Waals surface area contributed by atoms with E-state index in [1.807, 2.05) is 0 Å². The highest BCUT2D eigenvalue weighted by molar-refractivity contribution is 5.78. The van der Waals surface area contributed by atoms with Gasteiger partial charge in [-0.2, -0.15) is 4.98 Å². The van der Waals surface area contributed by atoms with Gasteiger partial charge >= 0.3 is 12.1 Å². The van der Waals surface area contributed by atoms with E-state index in [4.69, 9.17) is 30.6 Å². The molecule has 0 bridgehead atoms. The van der Waals surface area contributed by atoms with Crippen LogP contribution >= 0.6 is 0 Å². The molecule has 0 aromatic carbocycles. The van der Waals surface area contributed by atoms with Crippen molar-refractivity contribution in [1.29, 1.82) is 0 Å². The summed E-state index contributed by atoms with van der Waals surface area (Å²) in [6.45, 7) is 0.897. The van der Waals surface area contributed by atoms with E-state index in [2.05, 4.69) is 31.0 Å². The maximum absolute atomic E-state index is 12.3. The van der Waals surface area contributed by atoms with E-state index in [0.717, 1.165) is 0 Å². The number of hydrogen-bond donors (Lipinski definition) is 7. The molecule has 0 aliphatic heterocycles. The Bertz CT molecular complexity index is 806. The lowest BCUT2D eigenvalue weighted by molar-refractivity contribution is -0.118. The summed E-state index contributed by atoms with van der Waals surface area (Å²) in [7, 11) is 0. The van der Waals surface area contributed by atoms with E-state index in [0.29, 0.717) is 0 Å². The quantitative estimate of drug-likeness (QED) is 0.230. The van der Waals surface area contributed by atoms with Crippen LogP contribution in [-0.2, 0) is 4.79 Å². The number of carbonyl (C=O) groups excluding carboxylic acids is 2. The van der Waals surface area contributed by atoms with Crippen LogP contribution in [0.3, 0.4) is 0 Å². The summed E-state index contributed by atoms with van der Waals surface area (Å²) in [5.41, 5.74) is 10.8. The fraction of sp³-hybridized carbons (Fsp3) is 0.538. The molecule has 0 fully saturated rings. The summed E-state index contributed by atoms with van der Waals surface area (Å²) in [4.78, 5) is 27.5. The maximum atomic E-state index is 12.3. The van der Waals surface area contributed by atoms with Crippen molar-refractivity contribution >= 4 is 11.9 Å². The fourth-order valence-electron chi connectivity index (χ4n) is 2.10. The van der Waals surface area contributed by atoms with Crippen molar-refractivity contribution in [3.05, 3.63) is 17.6 Å². The molecule has 2 heterocycles. The number of aliphatic hydroxyl groups is 2. The van der Waals surface area contributed by atoms with Crippen molar-refractivity contribution in [3.8, 4) is 6.08 Å². The summed E-state index contributed by atoms with van der Waals surface area (Å²) >= 11 is 0. The first-order chi connectivity index (χ1) is 13.2. The monoisotopic (exact) mass is 400 g/mol. The molecule has 0 aliphatic carbocycles. The van der Waals surface area contributed by atoms with E-state index >= 15 is 0 Å². The molecule has 9 N–H and O–H groups in total. The number of aromatic nitrogens is 4. The average Bonchev–Trinajstić information content (AvgIpc) is 3.27. The molecule has 0 saturated heterocycles. The molecule has 0 spiro atoms. The number of aliphatic hydroxyl groups excluding tert-OH is 2. The third-order valence-electron chi connectivity index (χ3n) is 3.46. The van der Waals surface area contributed by atoms with Crippen LogP contribution in [0.4, 0.5) is 4.79 Å². The molecule has 2 aromatic heterocycles. The highest BCUT2D eigenvalue weighted by atomic mass is 16.5. The van der Waals surface area contributed by atoms with Crippen molar-refractivity contribution in [2.24, 2.45) is 11.5 Å². The Hall–Kier alpha value is -3.30. The molecule has 15 nitrogen and oxygen atoms in total. The number of nitrogens with zero attached hydrogens (tertiary/aromatic N) is 4. The zero-order valence-corrected chi connectivity index (χ0v) is 14.6. The standard InChI is InChI=1S/C13H20N8O7/c1-4(23)8(11-19-20-13(26)27-11)17-12(25)16-6(2-7(15)24)10-18-9(21-28-10)5(14)3-22/h4-6,8,22-23H,2-3,14H2,1H3,(H2,15,24)(H,20,26)(H2,16,17,25)/t4?,5-,6?,8-/m0/s1. The average molecular weight is 400 g/mol. The normalized spacial score (nSPS) is 15.4. The van der Waals surface area contributed by atoms with Crippen LogP contribution in [0.1, 0.15) is 49.1 Å². The predicted octanol–water partition coefficient (Wildman–Crippen LogP) is -2.51. The minimum absolute atomic E-state index is 0.0302. The summed E-state index contributed by atoms with van der Waals surface area (Å²) in [6, 6.07) is -4.06. The molecule has 4 atom stereocenters. The van der Waals surface area contributed by atoms with Gasteiger partial charge in [-0.05, 0) is 6.92 Å². The molecule has 0 aliphatic rings. The summed E-state index contributed by atoms with van der Waals surface area (Å²) in [6.07, 6.45) is -2.30. The van der Waals surface area contributed by atoms with Gasteiger partial charge in [0.15, 0.2) is 5.82 Å². The van der Waals surface area contributed by atoms with Crippen molar-refractivity contribution in [3.63, 3.8) is 0 Å². The number of nitrogens with two attached hydrogens (primary N) is 2. The number of aromatic hydroxyl groups is 1. The molecule has 3 amide bonds. The number of amides is 3. The largest absolute Gasteiger partial charge is 0.465 e. The second-order valence-electron chi connectivity index (χ2n) is 5.76. The molecule has 0 saturated carbocycles. The molecule has 0 radical (unpaired) electrons. The number of carbonyl (C=O) groups is 2. The molecule has 2 unspecified atom stereocenters. The Morgan fingerprint density at radius 1 is 1.25 bits per heavy atom. The van der Waals surface area contributed by atoms with E-state index in [9.17, 15) is 14.7 Å². The van der Waals surface area contributed by atoms with Crippen LogP contribution in [0.5, 0.6) is 6.08 Å². The van der Waals surface area contributed by atoms with Gasteiger partial charge in [-0.25, -0.2) is 4.79 Å². The van der Waals surface area contributed by atoms with Gasteiger partial charge in [-0.3, -0.25) is 4.79 Å². The second kappa shape index (κ2) is 9.07. The lowest BCUT2D eigenvalue weighted by Gasteiger charge is -2.20. The molecular formula is C13H20N8O7. The molecule has 15 heteroatoms. The minimum atomic E-state index is -1.17. The van der Waals surface area contributed by atoms with Gasteiger partial charge in [-0.15, -0.1) is 5.10 Å². The Labute approximate surface area is 157 Å². The molecule has 2 rings (SSSR count). The number of hydrogen-bond acceptors (Lipinski definition) is 12. The van der Waals surface area contributed by atoms with E-state index in [1.54, 1.807) is 0 Å². The first-order valence-electron chi connectivity index (χ1n) is 7.97. The fourth-order valence-corrected chi connectivity index (χ4v) is 2.10. The number of primary amides is 1. The molecular weight excluding hydrogens is 380 g/mol. The first-order valence-corrected chi connectivity index (χ1v) is 7.97. The van der Waals surface area contributed by atoms with Crippen molar-refractivity contribution in [2.45, 2.75) is 37.6 Å². The Balaban J connectivity index is 2.13. The van der Waals surface area contributed by atoms with Gasteiger partial charge in [0.2, 0.25) is 17.7 Å². The maximum Gasteiger partial charge on any atom is 0.412 e. The lowest BCUT2D eigenvalue weighted by Crippen LogP contribution is -2.44. The minimum Gasteiger partial charge on any atom is -0.465 e. The van der Waals surface area contributed by atoms with Crippen LogP contribution < -0.4 is 22.1 Å². The van der Waals surface area contributed by atoms with Gasteiger partial charge in [0, 0.05) is 0 Å². The van der Waals surface area contributed by atoms with E-state index in [1.165, 1.54) is 6.92 Å². The zero-order chi connectivity index (χ0) is 20.8. The van der Waals surface area contributed by atoms with Crippen LogP contribution in [0.15, 0.2) is 8.94 Å². The van der Waals surface area contributed by atoms with Gasteiger partial charge in [0.25, 0.3) is 0 Å². The highest BCUT2D eigenvalue weighted by Crippen LogP contribution is 2.20. The van der Waals surface area contributed by atoms with Gasteiger partial charge in [0.1, 0.15) is 12.1 Å². The topological polar surface area (TPSA) is 249 Å². The van der Waals surface area contributed by atoms with Crippen LogP contribution in [-0.4, -0.2) is 60.3 Å². The predicted molar refractivity (Wildman–Crippen MR) is 86.9 cm³/mol. The number of urea groups is 1. The number of nitrogens with one attached hydrogen (secondary N) is 2. The van der Waals surface area contributed by atoms with Gasteiger partial charge in [-0.1, -0.05) is 10.3 Å². The number of rotatable bonds is 9. The Kier molecular flexibility index (Phi) is 6.80. The molecule has 28 heavy (non-hydrogen) atoms. The summed E-state index contributed by atoms with van der Waals surface area (Å²) in [5, 5.41) is 43.0. The smallest absolute Gasteiger partial charge is 0.412 e. The third kappa shape index (κ3) is 5.35. The van der Waals surface area contributed by atoms with Gasteiger partial charge < -0.3 is 46.4 Å². The summed E-state index contributed by atoms with van der Waals surface area (Å²) in [5.74, 6) is -1.22. The third-order valence-corrected chi connectivity index (χ3v) is 3.46. The van der Waals surface area contributed by atoms with Crippen LogP contribution in [0.2, 0.25) is 0 Å². The van der Waals surface area contributed by atoms with Gasteiger partial charge in [0.05, 0.1) is 25.2 Å². The van der Waals surface area contributed by atoms with Crippen LogP contribution in [0, 0.1) is 0 Å². The van der Waals surface area contributed by atoms with Crippen molar-refractivity contribution in [1.82, 2.24) is 31.0 Å². The molecule has 154 valence electrons. The highest BCUT2D eigenvalue weighted by Gasteiger charge is 2.29. The molecule has 2 aromatic rings. The van der Waals surface area contributed by atoms with Crippen LogP contribution in [0.25, 0.3) is 0 Å². The SMILES string of the molecule is CC(O)[C@H](NC(=O)NC(CC(N)=O)c1nc([C@@H](N)CO)no1)c1nnc(O)o1. The summed E-state index contributed by atoms with van der Waals surface area (Å²) < 4.78 is 9.75. The zero-order valence-electron chi connectivity index (χ0n) is 14.6. The van der Waals surface area contributed by atoms with E-state index < -0.39 is 48.9 Å². The van der Waals surface area contributed by atoms with Crippen molar-refractivity contribution < 1.29 is 33.8 Å². The Morgan fingerprint density at radius 2 is 1.96 bits per heavy atom. The van der Waals surface area contributed by atoms with E-state index in [-0.39, 0.29) is 24.0 Å². The first kappa shape index (κ1) is 21.0. The second-order valence-corrected chi connectivity index (χ2v) is 5.76. The lowest BCUT2D eigenvalue weighted by atomic mass is 10.1.